The summed E-state index contributed by atoms with van der Waals surface area (Å²) in [5.74, 6) is -0.0847. The van der Waals surface area contributed by atoms with Gasteiger partial charge in [-0.05, 0) is 77.0 Å². The SMILES string of the molecule is CCCC/C=C\CCCCCCCC(=O)OCCCCCCCCCC/C=C\CCCCCCCCCC(=O)NC(CO)C(O)/C=C/CCCCCCCCCCCCCCCCCC. The molecule has 382 valence electrons. The van der Waals surface area contributed by atoms with Gasteiger partial charge in [0, 0.05) is 12.8 Å². The maximum absolute atomic E-state index is 12.5. The number of allylic oxidation sites excluding steroid dienone is 5. The van der Waals surface area contributed by atoms with Crippen molar-refractivity contribution in [2.75, 3.05) is 13.2 Å². The number of carbonyl (C=O) groups is 2. The predicted molar refractivity (Wildman–Crippen MR) is 283 cm³/mol. The molecule has 0 saturated carbocycles. The second-order valence-electron chi connectivity index (χ2n) is 19.6. The smallest absolute Gasteiger partial charge is 0.305 e. The second kappa shape index (κ2) is 54.7. The zero-order valence-corrected chi connectivity index (χ0v) is 43.5. The number of amides is 1. The Morgan fingerprint density at radius 3 is 1.14 bits per heavy atom. The van der Waals surface area contributed by atoms with Crippen LogP contribution in [0.25, 0.3) is 0 Å². The van der Waals surface area contributed by atoms with Gasteiger partial charge in [0.2, 0.25) is 5.91 Å². The summed E-state index contributed by atoms with van der Waals surface area (Å²) in [5, 5.41) is 23.1. The molecule has 6 nitrogen and oxygen atoms in total. The zero-order chi connectivity index (χ0) is 47.2. The number of ether oxygens (including phenoxy) is 1. The topological polar surface area (TPSA) is 95.9 Å². The van der Waals surface area contributed by atoms with Crippen molar-refractivity contribution in [1.82, 2.24) is 5.32 Å². The van der Waals surface area contributed by atoms with Crippen LogP contribution in [0.4, 0.5) is 0 Å². The molecule has 1 amide bonds. The number of nitrogens with one attached hydrogen (secondary N) is 1. The fourth-order valence-corrected chi connectivity index (χ4v) is 8.67. The van der Waals surface area contributed by atoms with Crippen LogP contribution in [-0.4, -0.2) is 47.4 Å². The van der Waals surface area contributed by atoms with Gasteiger partial charge in [-0.2, -0.15) is 0 Å². The van der Waals surface area contributed by atoms with Crippen molar-refractivity contribution >= 4 is 11.9 Å². The van der Waals surface area contributed by atoms with E-state index < -0.39 is 12.1 Å². The quantitative estimate of drug-likeness (QED) is 0.0321. The Kier molecular flexibility index (Phi) is 53.1. The molecule has 0 aromatic carbocycles. The van der Waals surface area contributed by atoms with Crippen LogP contribution in [0.5, 0.6) is 0 Å². The van der Waals surface area contributed by atoms with Crippen molar-refractivity contribution in [3.8, 4) is 0 Å². The summed E-state index contributed by atoms with van der Waals surface area (Å²) < 4.78 is 5.45. The minimum Gasteiger partial charge on any atom is -0.466 e. The third-order valence-electron chi connectivity index (χ3n) is 13.1. The minimum atomic E-state index is -0.851. The van der Waals surface area contributed by atoms with Gasteiger partial charge in [-0.3, -0.25) is 9.59 Å². The summed E-state index contributed by atoms with van der Waals surface area (Å²) in [5.41, 5.74) is 0. The fraction of sp³-hybridized carbons (Fsp3) is 0.864. The zero-order valence-electron chi connectivity index (χ0n) is 43.5. The molecule has 0 aliphatic carbocycles. The first kappa shape index (κ1) is 63.1. The molecule has 2 unspecified atom stereocenters. The van der Waals surface area contributed by atoms with E-state index in [2.05, 4.69) is 43.5 Å². The highest BCUT2D eigenvalue weighted by atomic mass is 16.5. The largest absolute Gasteiger partial charge is 0.466 e. The van der Waals surface area contributed by atoms with E-state index in [0.29, 0.717) is 19.4 Å². The molecule has 0 aliphatic heterocycles. The molecule has 6 heteroatoms. The maximum atomic E-state index is 12.5. The summed E-state index contributed by atoms with van der Waals surface area (Å²) in [6, 6.07) is -0.635. The molecule has 65 heavy (non-hydrogen) atoms. The monoisotopic (exact) mass is 914 g/mol. The average molecular weight is 915 g/mol. The molecule has 0 aromatic rings. The Balaban J connectivity index is 3.49. The predicted octanol–water partition coefficient (Wildman–Crippen LogP) is 17.6. The van der Waals surface area contributed by atoms with Crippen LogP contribution in [0, 0.1) is 0 Å². The molecule has 0 spiro atoms. The Morgan fingerprint density at radius 1 is 0.415 bits per heavy atom. The molecular formula is C59H111NO5. The van der Waals surface area contributed by atoms with Crippen LogP contribution in [0.15, 0.2) is 36.5 Å². The van der Waals surface area contributed by atoms with E-state index >= 15 is 0 Å². The van der Waals surface area contributed by atoms with Gasteiger partial charge in [-0.15, -0.1) is 0 Å². The van der Waals surface area contributed by atoms with Crippen LogP contribution in [0.1, 0.15) is 303 Å². The average Bonchev–Trinajstić information content (AvgIpc) is 3.31. The second-order valence-corrected chi connectivity index (χ2v) is 19.6. The van der Waals surface area contributed by atoms with E-state index in [1.807, 2.05) is 6.08 Å². The number of aliphatic hydroxyl groups excluding tert-OH is 2. The Morgan fingerprint density at radius 2 is 0.738 bits per heavy atom. The molecule has 2 atom stereocenters. The van der Waals surface area contributed by atoms with Gasteiger partial charge in [-0.25, -0.2) is 0 Å². The highest BCUT2D eigenvalue weighted by Gasteiger charge is 2.18. The number of aliphatic hydroxyl groups is 2. The number of hydrogen-bond donors (Lipinski definition) is 3. The molecule has 0 fully saturated rings. The van der Waals surface area contributed by atoms with Crippen LogP contribution < -0.4 is 5.32 Å². The van der Waals surface area contributed by atoms with Gasteiger partial charge in [0.25, 0.3) is 0 Å². The van der Waals surface area contributed by atoms with Crippen LogP contribution in [0.3, 0.4) is 0 Å². The van der Waals surface area contributed by atoms with Gasteiger partial charge in [0.05, 0.1) is 25.4 Å². The number of carbonyl (C=O) groups excluding carboxylic acids is 2. The Labute approximate surface area is 404 Å². The molecule has 0 bridgehead atoms. The molecule has 0 aromatic heterocycles. The number of hydrogen-bond acceptors (Lipinski definition) is 5. The maximum Gasteiger partial charge on any atom is 0.305 e. The summed E-state index contributed by atoms with van der Waals surface area (Å²) in [6.07, 6.45) is 67.3. The van der Waals surface area contributed by atoms with Crippen LogP contribution in [-0.2, 0) is 14.3 Å². The lowest BCUT2D eigenvalue weighted by Crippen LogP contribution is -2.45. The number of unbranched alkanes of at least 4 members (excludes halogenated alkanes) is 38. The first-order valence-corrected chi connectivity index (χ1v) is 28.8. The van der Waals surface area contributed by atoms with Crippen molar-refractivity contribution in [3.05, 3.63) is 36.5 Å². The van der Waals surface area contributed by atoms with Gasteiger partial charge in [0.1, 0.15) is 0 Å². The van der Waals surface area contributed by atoms with E-state index in [-0.39, 0.29) is 18.5 Å². The first-order valence-electron chi connectivity index (χ1n) is 28.8. The summed E-state index contributed by atoms with van der Waals surface area (Å²) >= 11 is 0. The summed E-state index contributed by atoms with van der Waals surface area (Å²) in [4.78, 5) is 24.4. The lowest BCUT2D eigenvalue weighted by molar-refractivity contribution is -0.143. The molecule has 3 N–H and O–H groups in total. The normalized spacial score (nSPS) is 12.9. The van der Waals surface area contributed by atoms with E-state index in [1.54, 1.807) is 6.08 Å². The summed E-state index contributed by atoms with van der Waals surface area (Å²) in [6.45, 7) is 4.86. The molecule has 0 rings (SSSR count). The number of esters is 1. The van der Waals surface area contributed by atoms with Gasteiger partial charge < -0.3 is 20.3 Å². The van der Waals surface area contributed by atoms with Crippen molar-refractivity contribution in [2.45, 2.75) is 315 Å². The Hall–Kier alpha value is -1.92. The van der Waals surface area contributed by atoms with Crippen molar-refractivity contribution in [1.29, 1.82) is 0 Å². The van der Waals surface area contributed by atoms with Crippen molar-refractivity contribution < 1.29 is 24.5 Å². The molecule has 0 radical (unpaired) electrons. The highest BCUT2D eigenvalue weighted by Crippen LogP contribution is 2.16. The lowest BCUT2D eigenvalue weighted by Gasteiger charge is -2.20. The highest BCUT2D eigenvalue weighted by molar-refractivity contribution is 5.76. The minimum absolute atomic E-state index is 0.00815. The Bertz CT molecular complexity index is 1060. The standard InChI is InChI=1S/C59H111NO5/c1-3-5-7-9-11-13-15-16-17-18-22-25-28-32-35-39-43-47-51-57(62)56(55-61)60-58(63)52-48-44-40-36-33-29-26-23-20-19-21-24-27-30-34-38-42-46-50-54-65-59(64)53-49-45-41-37-31-14-12-10-8-6-4-2/h10,12,19-20,47,51,56-57,61-62H,3-9,11,13-18,21-46,48-50,52-55H2,1-2H3,(H,60,63)/b12-10-,20-19-,51-47+. The lowest BCUT2D eigenvalue weighted by atomic mass is 10.0. The van der Waals surface area contributed by atoms with Crippen molar-refractivity contribution in [2.24, 2.45) is 0 Å². The van der Waals surface area contributed by atoms with E-state index in [4.69, 9.17) is 4.74 Å². The molecule has 0 heterocycles. The molecule has 0 saturated heterocycles. The molecular weight excluding hydrogens is 803 g/mol. The van der Waals surface area contributed by atoms with Gasteiger partial charge in [0.15, 0.2) is 0 Å². The van der Waals surface area contributed by atoms with Crippen molar-refractivity contribution in [3.63, 3.8) is 0 Å². The van der Waals surface area contributed by atoms with E-state index in [1.165, 1.54) is 225 Å². The third kappa shape index (κ3) is 51.3. The molecule has 0 aliphatic rings. The van der Waals surface area contributed by atoms with Crippen LogP contribution >= 0.6 is 0 Å². The van der Waals surface area contributed by atoms with E-state index in [9.17, 15) is 19.8 Å². The fourth-order valence-electron chi connectivity index (χ4n) is 8.67. The van der Waals surface area contributed by atoms with Gasteiger partial charge >= 0.3 is 5.97 Å². The van der Waals surface area contributed by atoms with Gasteiger partial charge in [-0.1, -0.05) is 249 Å². The third-order valence-corrected chi connectivity index (χ3v) is 13.1. The summed E-state index contributed by atoms with van der Waals surface area (Å²) in [7, 11) is 0. The first-order chi connectivity index (χ1) is 32.0. The van der Waals surface area contributed by atoms with Crippen LogP contribution in [0.2, 0.25) is 0 Å². The number of rotatable bonds is 53. The van der Waals surface area contributed by atoms with E-state index in [0.717, 1.165) is 51.4 Å².